The third-order valence-electron chi connectivity index (χ3n) is 2.99. The van der Waals surface area contributed by atoms with Crippen LogP contribution in [-0.4, -0.2) is 49.0 Å². The summed E-state index contributed by atoms with van der Waals surface area (Å²) in [6, 6.07) is 3.16. The van der Waals surface area contributed by atoms with Crippen molar-refractivity contribution in [3.63, 3.8) is 0 Å². The van der Waals surface area contributed by atoms with Gasteiger partial charge in [0.25, 0.3) is 0 Å². The summed E-state index contributed by atoms with van der Waals surface area (Å²) < 4.78 is 11.1. The number of halogens is 1. The summed E-state index contributed by atoms with van der Waals surface area (Å²) in [6.45, 7) is 6.88. The molecule has 2 amide bonds. The summed E-state index contributed by atoms with van der Waals surface area (Å²) in [5.74, 6) is -1.37. The zero-order valence-electron chi connectivity index (χ0n) is 15.0. The van der Waals surface area contributed by atoms with Crippen molar-refractivity contribution < 1.29 is 24.2 Å². The minimum absolute atomic E-state index is 0.0196. The Morgan fingerprint density at radius 1 is 1.35 bits per heavy atom. The van der Waals surface area contributed by atoms with Gasteiger partial charge >= 0.3 is 11.8 Å². The summed E-state index contributed by atoms with van der Waals surface area (Å²) in [5, 5.41) is 16.1. The van der Waals surface area contributed by atoms with Gasteiger partial charge in [0, 0.05) is 13.2 Å². The summed E-state index contributed by atoms with van der Waals surface area (Å²) in [4.78, 5) is 23.3. The zero-order chi connectivity index (χ0) is 19.5. The SMILES string of the molecule is CCOc1cc(/C=N\NC(=O)C(=O)NCCCOC(C)C)cc(Br)c1O. The summed E-state index contributed by atoms with van der Waals surface area (Å²) in [7, 11) is 0. The number of hydrazone groups is 1. The van der Waals surface area contributed by atoms with E-state index in [1.54, 1.807) is 19.1 Å². The van der Waals surface area contributed by atoms with Gasteiger partial charge in [-0.3, -0.25) is 9.59 Å². The standard InChI is InChI=1S/C17H24BrN3O5/c1-4-25-14-9-12(8-13(18)15(14)22)10-20-21-17(24)16(23)19-6-5-7-26-11(2)3/h8-11,22H,4-7H2,1-3H3,(H,19,23)(H,21,24)/b20-10-. The molecule has 1 rings (SSSR count). The molecule has 3 N–H and O–H groups in total. The Bertz CT molecular complexity index is 650. The summed E-state index contributed by atoms with van der Waals surface area (Å²) in [6.07, 6.45) is 2.09. The van der Waals surface area contributed by atoms with Crippen molar-refractivity contribution >= 4 is 34.0 Å². The van der Waals surface area contributed by atoms with Crippen LogP contribution in [0.15, 0.2) is 21.7 Å². The second kappa shape index (κ2) is 11.5. The van der Waals surface area contributed by atoms with Crippen LogP contribution in [0.25, 0.3) is 0 Å². The first-order valence-corrected chi connectivity index (χ1v) is 9.02. The van der Waals surface area contributed by atoms with Crippen LogP contribution >= 0.6 is 15.9 Å². The number of amides is 2. The molecule has 0 aliphatic heterocycles. The predicted octanol–water partition coefficient (Wildman–Crippen LogP) is 1.93. The molecule has 0 saturated carbocycles. The number of carbonyl (C=O) groups is 2. The molecule has 26 heavy (non-hydrogen) atoms. The Labute approximate surface area is 161 Å². The fraction of sp³-hybridized carbons (Fsp3) is 0.471. The first-order chi connectivity index (χ1) is 12.3. The van der Waals surface area contributed by atoms with E-state index in [-0.39, 0.29) is 17.6 Å². The maximum Gasteiger partial charge on any atom is 0.329 e. The van der Waals surface area contributed by atoms with E-state index in [9.17, 15) is 14.7 Å². The molecular weight excluding hydrogens is 406 g/mol. The lowest BCUT2D eigenvalue weighted by Crippen LogP contribution is -2.38. The average molecular weight is 430 g/mol. The van der Waals surface area contributed by atoms with Crippen molar-refractivity contribution in [2.45, 2.75) is 33.3 Å². The monoisotopic (exact) mass is 429 g/mol. The summed E-state index contributed by atoms with van der Waals surface area (Å²) >= 11 is 3.21. The quantitative estimate of drug-likeness (QED) is 0.240. The molecule has 1 aromatic rings. The highest BCUT2D eigenvalue weighted by molar-refractivity contribution is 9.10. The van der Waals surface area contributed by atoms with E-state index in [0.717, 1.165) is 0 Å². The van der Waals surface area contributed by atoms with E-state index in [2.05, 4.69) is 31.8 Å². The molecule has 0 fully saturated rings. The van der Waals surface area contributed by atoms with Crippen LogP contribution in [0.2, 0.25) is 0 Å². The fourth-order valence-corrected chi connectivity index (χ4v) is 2.28. The van der Waals surface area contributed by atoms with E-state index in [1.165, 1.54) is 6.21 Å². The number of benzene rings is 1. The van der Waals surface area contributed by atoms with Crippen LogP contribution < -0.4 is 15.5 Å². The van der Waals surface area contributed by atoms with Gasteiger partial charge in [-0.05, 0) is 60.8 Å². The second-order valence-corrected chi connectivity index (χ2v) is 6.36. The van der Waals surface area contributed by atoms with Gasteiger partial charge in [0.2, 0.25) is 0 Å². The Hall–Kier alpha value is -2.13. The number of hydrogen-bond donors (Lipinski definition) is 3. The number of hydrogen-bond acceptors (Lipinski definition) is 6. The third-order valence-corrected chi connectivity index (χ3v) is 3.60. The lowest BCUT2D eigenvalue weighted by Gasteiger charge is -2.08. The second-order valence-electron chi connectivity index (χ2n) is 5.51. The molecule has 0 saturated heterocycles. The van der Waals surface area contributed by atoms with Crippen LogP contribution in [0.5, 0.6) is 11.5 Å². The van der Waals surface area contributed by atoms with Crippen molar-refractivity contribution in [1.82, 2.24) is 10.7 Å². The molecule has 8 nitrogen and oxygen atoms in total. The molecule has 0 aliphatic carbocycles. The fourth-order valence-electron chi connectivity index (χ4n) is 1.82. The Morgan fingerprint density at radius 2 is 2.08 bits per heavy atom. The Balaban J connectivity index is 2.47. The average Bonchev–Trinajstić information content (AvgIpc) is 2.58. The third kappa shape index (κ3) is 7.83. The zero-order valence-corrected chi connectivity index (χ0v) is 16.6. The molecule has 0 heterocycles. The highest BCUT2D eigenvalue weighted by atomic mass is 79.9. The number of phenols is 1. The molecule has 9 heteroatoms. The van der Waals surface area contributed by atoms with Crippen LogP contribution in [0.3, 0.4) is 0 Å². The number of rotatable bonds is 9. The lowest BCUT2D eigenvalue weighted by molar-refractivity contribution is -0.139. The highest BCUT2D eigenvalue weighted by Crippen LogP contribution is 2.34. The topological polar surface area (TPSA) is 109 Å². The smallest absolute Gasteiger partial charge is 0.329 e. The number of ether oxygens (including phenoxy) is 2. The first-order valence-electron chi connectivity index (χ1n) is 8.23. The van der Waals surface area contributed by atoms with Gasteiger partial charge in [0.15, 0.2) is 11.5 Å². The van der Waals surface area contributed by atoms with Gasteiger partial charge < -0.3 is 19.9 Å². The maximum absolute atomic E-state index is 11.7. The van der Waals surface area contributed by atoms with E-state index in [0.29, 0.717) is 36.2 Å². The molecule has 0 aromatic heterocycles. The number of nitrogens with zero attached hydrogens (tertiary/aromatic N) is 1. The Kier molecular flexibility index (Phi) is 9.67. The predicted molar refractivity (Wildman–Crippen MR) is 101 cm³/mol. The van der Waals surface area contributed by atoms with Gasteiger partial charge in [-0.25, -0.2) is 5.43 Å². The van der Waals surface area contributed by atoms with Crippen molar-refractivity contribution in [2.75, 3.05) is 19.8 Å². The molecule has 0 aliphatic rings. The molecule has 144 valence electrons. The van der Waals surface area contributed by atoms with Crippen LogP contribution in [-0.2, 0) is 14.3 Å². The van der Waals surface area contributed by atoms with Gasteiger partial charge in [-0.2, -0.15) is 5.10 Å². The summed E-state index contributed by atoms with van der Waals surface area (Å²) in [5.41, 5.74) is 2.72. The van der Waals surface area contributed by atoms with E-state index >= 15 is 0 Å². The van der Waals surface area contributed by atoms with Crippen LogP contribution in [0.4, 0.5) is 0 Å². The van der Waals surface area contributed by atoms with Crippen LogP contribution in [0, 0.1) is 0 Å². The van der Waals surface area contributed by atoms with Gasteiger partial charge in [-0.1, -0.05) is 0 Å². The first kappa shape index (κ1) is 21.9. The normalized spacial score (nSPS) is 11.0. The van der Waals surface area contributed by atoms with Crippen molar-refractivity contribution in [1.29, 1.82) is 0 Å². The van der Waals surface area contributed by atoms with Crippen molar-refractivity contribution in [3.05, 3.63) is 22.2 Å². The Morgan fingerprint density at radius 3 is 2.73 bits per heavy atom. The van der Waals surface area contributed by atoms with Crippen LogP contribution in [0.1, 0.15) is 32.8 Å². The van der Waals surface area contributed by atoms with E-state index in [4.69, 9.17) is 9.47 Å². The molecule has 0 bridgehead atoms. The molecule has 0 radical (unpaired) electrons. The largest absolute Gasteiger partial charge is 0.503 e. The maximum atomic E-state index is 11.7. The van der Waals surface area contributed by atoms with Crippen molar-refractivity contribution in [3.8, 4) is 11.5 Å². The molecule has 0 spiro atoms. The lowest BCUT2D eigenvalue weighted by atomic mass is 10.2. The molecular formula is C17H24BrN3O5. The van der Waals surface area contributed by atoms with Crippen molar-refractivity contribution in [2.24, 2.45) is 5.10 Å². The van der Waals surface area contributed by atoms with Gasteiger partial charge in [0.05, 0.1) is 23.4 Å². The van der Waals surface area contributed by atoms with E-state index < -0.39 is 11.8 Å². The molecule has 0 atom stereocenters. The number of phenolic OH excluding ortho intramolecular Hbond substituents is 1. The minimum Gasteiger partial charge on any atom is -0.503 e. The van der Waals surface area contributed by atoms with Gasteiger partial charge in [0.1, 0.15) is 0 Å². The highest BCUT2D eigenvalue weighted by Gasteiger charge is 2.12. The number of aromatic hydroxyl groups is 1. The molecule has 1 aromatic carbocycles. The molecule has 0 unspecified atom stereocenters. The van der Waals surface area contributed by atoms with E-state index in [1.807, 2.05) is 13.8 Å². The minimum atomic E-state index is -0.867. The number of nitrogens with one attached hydrogen (secondary N) is 2. The van der Waals surface area contributed by atoms with Gasteiger partial charge in [-0.15, -0.1) is 0 Å². The number of carbonyl (C=O) groups excluding carboxylic acids is 2.